The molecule has 0 bridgehead atoms. The number of rotatable bonds is 7. The van der Waals surface area contributed by atoms with Crippen LogP contribution in [0.25, 0.3) is 0 Å². The van der Waals surface area contributed by atoms with E-state index in [0.717, 1.165) is 35.9 Å². The Morgan fingerprint density at radius 1 is 0.929 bits per heavy atom. The molecular weight excluding hydrogens is 348 g/mol. The van der Waals surface area contributed by atoms with E-state index in [1.807, 2.05) is 31.2 Å². The maximum absolute atomic E-state index is 5.42. The first kappa shape index (κ1) is 19.7. The van der Waals surface area contributed by atoms with Crippen LogP contribution in [0.5, 0.6) is 5.75 Å². The Morgan fingerprint density at radius 2 is 1.64 bits per heavy atom. The summed E-state index contributed by atoms with van der Waals surface area (Å²) in [5.74, 6) is 2.33. The molecule has 1 heterocycles. The molecule has 3 aromatic rings. The third-order valence-corrected chi connectivity index (χ3v) is 4.66. The van der Waals surface area contributed by atoms with Crippen LogP contribution in [0.4, 0.5) is 17.5 Å². The number of aromatic nitrogens is 2. The number of nitrogens with one attached hydrogen (secondary N) is 2. The van der Waals surface area contributed by atoms with E-state index in [9.17, 15) is 0 Å². The van der Waals surface area contributed by atoms with E-state index in [4.69, 9.17) is 4.74 Å². The molecule has 0 amide bonds. The van der Waals surface area contributed by atoms with Crippen LogP contribution in [-0.4, -0.2) is 23.6 Å². The van der Waals surface area contributed by atoms with Crippen molar-refractivity contribution in [3.8, 4) is 5.75 Å². The van der Waals surface area contributed by atoms with Gasteiger partial charge in [-0.2, -0.15) is 4.98 Å². The molecule has 0 aliphatic rings. The van der Waals surface area contributed by atoms with Crippen LogP contribution in [0.1, 0.15) is 27.9 Å². The molecule has 0 unspecified atom stereocenters. The van der Waals surface area contributed by atoms with Crippen molar-refractivity contribution in [2.75, 3.05) is 24.3 Å². The van der Waals surface area contributed by atoms with E-state index in [2.05, 4.69) is 59.6 Å². The Balaban J connectivity index is 1.71. The minimum Gasteiger partial charge on any atom is -0.496 e. The molecule has 1 aromatic heterocycles. The predicted octanol–water partition coefficient (Wildman–Crippen LogP) is 5.12. The summed E-state index contributed by atoms with van der Waals surface area (Å²) in [5, 5.41) is 6.80. The highest BCUT2D eigenvalue weighted by Crippen LogP contribution is 2.25. The molecule has 0 saturated carbocycles. The molecule has 0 aliphatic carbocycles. The lowest BCUT2D eigenvalue weighted by Gasteiger charge is -2.14. The van der Waals surface area contributed by atoms with Gasteiger partial charge in [-0.25, -0.2) is 4.98 Å². The van der Waals surface area contributed by atoms with E-state index >= 15 is 0 Å². The maximum atomic E-state index is 5.42. The lowest BCUT2D eigenvalue weighted by molar-refractivity contribution is 0.410. The Bertz CT molecular complexity index is 946. The molecular formula is C23H28N4O. The second-order valence-corrected chi connectivity index (χ2v) is 7.11. The molecule has 0 fully saturated rings. The molecule has 2 aromatic carbocycles. The van der Waals surface area contributed by atoms with Crippen molar-refractivity contribution in [1.82, 2.24) is 9.97 Å². The molecule has 0 aliphatic heterocycles. The third kappa shape index (κ3) is 4.80. The van der Waals surface area contributed by atoms with Gasteiger partial charge >= 0.3 is 0 Å². The van der Waals surface area contributed by atoms with Crippen LogP contribution in [0, 0.1) is 27.7 Å². The van der Waals surface area contributed by atoms with Crippen LogP contribution in [0.15, 0.2) is 42.5 Å². The van der Waals surface area contributed by atoms with Crippen LogP contribution >= 0.6 is 0 Å². The Kier molecular flexibility index (Phi) is 6.14. The van der Waals surface area contributed by atoms with Crippen molar-refractivity contribution in [1.29, 1.82) is 0 Å². The Hall–Kier alpha value is -3.08. The van der Waals surface area contributed by atoms with Gasteiger partial charge in [-0.3, -0.25) is 0 Å². The van der Waals surface area contributed by atoms with E-state index in [1.54, 1.807) is 7.11 Å². The number of hydrogen-bond acceptors (Lipinski definition) is 5. The lowest BCUT2D eigenvalue weighted by atomic mass is 10.1. The number of nitrogens with zero attached hydrogens (tertiary/aromatic N) is 2. The largest absolute Gasteiger partial charge is 0.496 e. The van der Waals surface area contributed by atoms with Gasteiger partial charge in [0.15, 0.2) is 0 Å². The number of aryl methyl sites for hydroxylation is 4. The molecule has 3 rings (SSSR count). The molecule has 0 atom stereocenters. The lowest BCUT2D eigenvalue weighted by Crippen LogP contribution is -2.10. The van der Waals surface area contributed by atoms with Gasteiger partial charge in [0.1, 0.15) is 11.6 Å². The summed E-state index contributed by atoms with van der Waals surface area (Å²) in [6, 6.07) is 14.4. The second-order valence-electron chi connectivity index (χ2n) is 7.11. The van der Waals surface area contributed by atoms with E-state index in [-0.39, 0.29) is 0 Å². The van der Waals surface area contributed by atoms with Crippen molar-refractivity contribution in [2.24, 2.45) is 0 Å². The molecule has 5 nitrogen and oxygen atoms in total. The molecule has 146 valence electrons. The molecule has 0 saturated heterocycles. The van der Waals surface area contributed by atoms with Crippen LogP contribution in [0.2, 0.25) is 0 Å². The summed E-state index contributed by atoms with van der Waals surface area (Å²) in [7, 11) is 1.70. The smallest absolute Gasteiger partial charge is 0.229 e. The number of benzene rings is 2. The molecule has 28 heavy (non-hydrogen) atoms. The van der Waals surface area contributed by atoms with Gasteiger partial charge in [0.05, 0.1) is 7.11 Å². The van der Waals surface area contributed by atoms with Crippen LogP contribution in [-0.2, 0) is 6.42 Å². The van der Waals surface area contributed by atoms with Crippen LogP contribution < -0.4 is 15.4 Å². The highest BCUT2D eigenvalue weighted by molar-refractivity contribution is 5.64. The summed E-state index contributed by atoms with van der Waals surface area (Å²) in [5.41, 5.74) is 6.79. The average Bonchev–Trinajstić information content (AvgIpc) is 2.64. The molecule has 2 N–H and O–H groups in total. The summed E-state index contributed by atoms with van der Waals surface area (Å²) >= 11 is 0. The van der Waals surface area contributed by atoms with Crippen molar-refractivity contribution in [3.63, 3.8) is 0 Å². The monoisotopic (exact) mass is 376 g/mol. The first-order chi connectivity index (χ1) is 13.5. The van der Waals surface area contributed by atoms with Crippen molar-refractivity contribution >= 4 is 17.5 Å². The van der Waals surface area contributed by atoms with Gasteiger partial charge in [-0.1, -0.05) is 35.9 Å². The zero-order valence-corrected chi connectivity index (χ0v) is 17.3. The minimum atomic E-state index is 0.606. The van der Waals surface area contributed by atoms with Gasteiger partial charge in [-0.05, 0) is 56.9 Å². The van der Waals surface area contributed by atoms with Gasteiger partial charge in [0, 0.05) is 24.0 Å². The number of anilines is 3. The highest BCUT2D eigenvalue weighted by atomic mass is 16.5. The topological polar surface area (TPSA) is 59.1 Å². The molecule has 0 radical (unpaired) electrons. The van der Waals surface area contributed by atoms with E-state index < -0.39 is 0 Å². The number of methoxy groups -OCH3 is 1. The second kappa shape index (κ2) is 8.74. The Morgan fingerprint density at radius 3 is 2.36 bits per heavy atom. The predicted molar refractivity (Wildman–Crippen MR) is 116 cm³/mol. The van der Waals surface area contributed by atoms with Gasteiger partial charge < -0.3 is 15.4 Å². The number of para-hydroxylation sites is 1. The SMILES string of the molecule is COc1ccccc1CCNc1cc(C)nc(Nc2c(C)cc(C)cc2C)n1. The van der Waals surface area contributed by atoms with Crippen molar-refractivity contribution in [3.05, 3.63) is 70.4 Å². The van der Waals surface area contributed by atoms with Gasteiger partial charge in [0.25, 0.3) is 0 Å². The Labute approximate surface area is 167 Å². The van der Waals surface area contributed by atoms with Crippen molar-refractivity contribution in [2.45, 2.75) is 34.1 Å². The zero-order valence-electron chi connectivity index (χ0n) is 17.3. The summed E-state index contributed by atoms with van der Waals surface area (Å²) in [6.07, 6.45) is 0.853. The average molecular weight is 377 g/mol. The van der Waals surface area contributed by atoms with E-state index in [0.29, 0.717) is 5.95 Å². The van der Waals surface area contributed by atoms with E-state index in [1.165, 1.54) is 22.3 Å². The normalized spacial score (nSPS) is 10.6. The fourth-order valence-electron chi connectivity index (χ4n) is 3.44. The van der Waals surface area contributed by atoms with Crippen molar-refractivity contribution < 1.29 is 4.74 Å². The fraction of sp³-hybridized carbons (Fsp3) is 0.304. The third-order valence-electron chi connectivity index (χ3n) is 4.66. The first-order valence-electron chi connectivity index (χ1n) is 9.52. The van der Waals surface area contributed by atoms with Gasteiger partial charge in [-0.15, -0.1) is 0 Å². The number of hydrogen-bond donors (Lipinski definition) is 2. The summed E-state index contributed by atoms with van der Waals surface area (Å²) in [6.45, 7) is 9.05. The number of ether oxygens (including phenoxy) is 1. The summed E-state index contributed by atoms with van der Waals surface area (Å²) in [4.78, 5) is 9.19. The standard InChI is InChI=1S/C23H28N4O/c1-15-12-16(2)22(17(3)13-15)27-23-25-18(4)14-21(26-23)24-11-10-19-8-6-7-9-20(19)28-5/h6-9,12-14H,10-11H2,1-5H3,(H2,24,25,26,27). The first-order valence-corrected chi connectivity index (χ1v) is 9.52. The zero-order chi connectivity index (χ0) is 20.1. The quantitative estimate of drug-likeness (QED) is 0.599. The van der Waals surface area contributed by atoms with Gasteiger partial charge in [0.2, 0.25) is 5.95 Å². The minimum absolute atomic E-state index is 0.606. The summed E-state index contributed by atoms with van der Waals surface area (Å²) < 4.78 is 5.42. The van der Waals surface area contributed by atoms with Crippen LogP contribution in [0.3, 0.4) is 0 Å². The molecule has 0 spiro atoms. The molecule has 5 heteroatoms. The highest BCUT2D eigenvalue weighted by Gasteiger charge is 2.08. The maximum Gasteiger partial charge on any atom is 0.229 e. The fourth-order valence-corrected chi connectivity index (χ4v) is 3.44.